The van der Waals surface area contributed by atoms with E-state index in [1.807, 2.05) is 0 Å². The highest BCUT2D eigenvalue weighted by Crippen LogP contribution is 2.16. The summed E-state index contributed by atoms with van der Waals surface area (Å²) in [5.41, 5.74) is 0. The molecule has 6 heteroatoms. The van der Waals surface area contributed by atoms with Crippen LogP contribution in [0.15, 0.2) is 0 Å². The molecule has 48 heavy (non-hydrogen) atoms. The van der Waals surface area contributed by atoms with Gasteiger partial charge in [-0.3, -0.25) is 14.4 Å². The molecule has 0 aromatic heterocycles. The maximum absolute atomic E-state index is 12.6. The van der Waals surface area contributed by atoms with E-state index in [2.05, 4.69) is 27.7 Å². The summed E-state index contributed by atoms with van der Waals surface area (Å²) < 4.78 is 16.5. The van der Waals surface area contributed by atoms with Gasteiger partial charge in [0.25, 0.3) is 0 Å². The molecule has 0 aromatic carbocycles. The van der Waals surface area contributed by atoms with Crippen molar-refractivity contribution in [1.82, 2.24) is 0 Å². The van der Waals surface area contributed by atoms with Crippen molar-refractivity contribution in [3.8, 4) is 0 Å². The van der Waals surface area contributed by atoms with E-state index in [9.17, 15) is 14.4 Å². The molecule has 0 saturated carbocycles. The minimum atomic E-state index is -0.755. The summed E-state index contributed by atoms with van der Waals surface area (Å²) in [7, 11) is 0. The first-order valence-electron chi connectivity index (χ1n) is 20.9. The van der Waals surface area contributed by atoms with Gasteiger partial charge in [-0.1, -0.05) is 188 Å². The van der Waals surface area contributed by atoms with Gasteiger partial charge in [-0.2, -0.15) is 0 Å². The summed E-state index contributed by atoms with van der Waals surface area (Å²) in [5, 5.41) is 0. The highest BCUT2D eigenvalue weighted by atomic mass is 16.6. The standard InChI is InChI=1S/C42H80O6/c1-5-7-9-11-21-26-30-34-41(44)47-37-39(36-46-40(43)33-29-24-10-8-6-2)48-42(45)35-31-27-23-20-18-16-14-12-13-15-17-19-22-25-28-32-38(3)4/h38-39H,5-37H2,1-4H3/t39-/m0/s1. The number of carbonyl (C=O) groups is 3. The molecule has 284 valence electrons. The summed E-state index contributed by atoms with van der Waals surface area (Å²) in [6.45, 7) is 8.87. The fourth-order valence-corrected chi connectivity index (χ4v) is 6.10. The molecule has 0 N–H and O–H groups in total. The van der Waals surface area contributed by atoms with Crippen molar-refractivity contribution in [3.63, 3.8) is 0 Å². The zero-order valence-corrected chi connectivity index (χ0v) is 32.4. The van der Waals surface area contributed by atoms with Crippen molar-refractivity contribution in [2.75, 3.05) is 13.2 Å². The Morgan fingerprint density at radius 1 is 0.396 bits per heavy atom. The third-order valence-corrected chi connectivity index (χ3v) is 9.29. The van der Waals surface area contributed by atoms with Crippen LogP contribution in [0.2, 0.25) is 0 Å². The van der Waals surface area contributed by atoms with Gasteiger partial charge < -0.3 is 14.2 Å². The van der Waals surface area contributed by atoms with Gasteiger partial charge in [0.1, 0.15) is 13.2 Å². The zero-order valence-electron chi connectivity index (χ0n) is 32.4. The first-order valence-corrected chi connectivity index (χ1v) is 20.9. The largest absolute Gasteiger partial charge is 0.462 e. The average molecular weight is 681 g/mol. The highest BCUT2D eigenvalue weighted by Gasteiger charge is 2.19. The molecule has 0 amide bonds. The molecule has 0 heterocycles. The summed E-state index contributed by atoms with van der Waals surface area (Å²) in [5.74, 6) is -0.0321. The fraction of sp³-hybridized carbons (Fsp3) is 0.929. The first-order chi connectivity index (χ1) is 23.4. The average Bonchev–Trinajstić information content (AvgIpc) is 3.06. The van der Waals surface area contributed by atoms with Crippen LogP contribution in [0.25, 0.3) is 0 Å². The van der Waals surface area contributed by atoms with Crippen LogP contribution in [0.1, 0.15) is 227 Å². The van der Waals surface area contributed by atoms with Crippen molar-refractivity contribution in [2.45, 2.75) is 233 Å². The highest BCUT2D eigenvalue weighted by molar-refractivity contribution is 5.71. The fourth-order valence-electron chi connectivity index (χ4n) is 6.10. The second kappa shape index (κ2) is 36.7. The molecular formula is C42H80O6. The predicted molar refractivity (Wildman–Crippen MR) is 201 cm³/mol. The van der Waals surface area contributed by atoms with Crippen LogP contribution >= 0.6 is 0 Å². The van der Waals surface area contributed by atoms with Gasteiger partial charge in [-0.15, -0.1) is 0 Å². The smallest absolute Gasteiger partial charge is 0.306 e. The van der Waals surface area contributed by atoms with Gasteiger partial charge in [-0.05, 0) is 25.2 Å². The maximum Gasteiger partial charge on any atom is 0.306 e. The number of carbonyl (C=O) groups excluding carboxylic acids is 3. The normalized spacial score (nSPS) is 11.9. The molecular weight excluding hydrogens is 600 g/mol. The third kappa shape index (κ3) is 35.7. The van der Waals surface area contributed by atoms with E-state index in [1.165, 1.54) is 116 Å². The van der Waals surface area contributed by atoms with E-state index in [4.69, 9.17) is 14.2 Å². The van der Waals surface area contributed by atoms with Gasteiger partial charge in [0.2, 0.25) is 0 Å². The Morgan fingerprint density at radius 3 is 1.02 bits per heavy atom. The molecule has 0 aliphatic carbocycles. The molecule has 0 rings (SSSR count). The Kier molecular flexibility index (Phi) is 35.5. The second-order valence-electron chi connectivity index (χ2n) is 14.7. The number of esters is 3. The Morgan fingerprint density at radius 2 is 0.688 bits per heavy atom. The lowest BCUT2D eigenvalue weighted by Crippen LogP contribution is -2.30. The molecule has 0 bridgehead atoms. The first kappa shape index (κ1) is 46.4. The van der Waals surface area contributed by atoms with Crippen LogP contribution < -0.4 is 0 Å². The maximum atomic E-state index is 12.6. The van der Waals surface area contributed by atoms with Crippen molar-refractivity contribution in [3.05, 3.63) is 0 Å². The van der Waals surface area contributed by atoms with Crippen LogP contribution in [-0.2, 0) is 28.6 Å². The van der Waals surface area contributed by atoms with E-state index in [-0.39, 0.29) is 31.1 Å². The lowest BCUT2D eigenvalue weighted by molar-refractivity contribution is -0.167. The van der Waals surface area contributed by atoms with Crippen LogP contribution in [-0.4, -0.2) is 37.2 Å². The Bertz CT molecular complexity index is 721. The number of hydrogen-bond donors (Lipinski definition) is 0. The molecule has 6 nitrogen and oxygen atoms in total. The molecule has 1 atom stereocenters. The van der Waals surface area contributed by atoms with Crippen molar-refractivity contribution in [2.24, 2.45) is 5.92 Å². The minimum absolute atomic E-state index is 0.0662. The molecule has 0 radical (unpaired) electrons. The van der Waals surface area contributed by atoms with E-state index in [0.717, 1.165) is 70.1 Å². The molecule has 0 unspecified atom stereocenters. The van der Waals surface area contributed by atoms with Gasteiger partial charge in [-0.25, -0.2) is 0 Å². The Labute approximate surface area is 298 Å². The zero-order chi connectivity index (χ0) is 35.3. The molecule has 0 aliphatic heterocycles. The van der Waals surface area contributed by atoms with Crippen molar-refractivity contribution in [1.29, 1.82) is 0 Å². The second-order valence-corrected chi connectivity index (χ2v) is 14.7. The van der Waals surface area contributed by atoms with E-state index in [1.54, 1.807) is 0 Å². The van der Waals surface area contributed by atoms with E-state index in [0.29, 0.717) is 19.3 Å². The summed E-state index contributed by atoms with van der Waals surface area (Å²) in [6.07, 6.45) is 34.2. The van der Waals surface area contributed by atoms with Crippen LogP contribution in [0, 0.1) is 5.92 Å². The predicted octanol–water partition coefficient (Wildman–Crippen LogP) is 12.8. The van der Waals surface area contributed by atoms with Gasteiger partial charge in [0.15, 0.2) is 6.10 Å². The minimum Gasteiger partial charge on any atom is -0.462 e. The van der Waals surface area contributed by atoms with E-state index >= 15 is 0 Å². The lowest BCUT2D eigenvalue weighted by Gasteiger charge is -2.18. The summed E-state index contributed by atoms with van der Waals surface area (Å²) in [4.78, 5) is 37.2. The molecule has 0 spiro atoms. The number of rotatable bonds is 37. The van der Waals surface area contributed by atoms with Gasteiger partial charge in [0, 0.05) is 19.3 Å². The molecule has 0 aliphatic rings. The number of hydrogen-bond acceptors (Lipinski definition) is 6. The molecule has 0 aromatic rings. The number of unbranched alkanes of at least 4 members (excludes halogenated alkanes) is 24. The Hall–Kier alpha value is -1.59. The quantitative estimate of drug-likeness (QED) is 0.0369. The van der Waals surface area contributed by atoms with Crippen LogP contribution in [0.3, 0.4) is 0 Å². The van der Waals surface area contributed by atoms with Crippen molar-refractivity contribution < 1.29 is 28.6 Å². The lowest BCUT2D eigenvalue weighted by atomic mass is 10.0. The monoisotopic (exact) mass is 681 g/mol. The van der Waals surface area contributed by atoms with Crippen molar-refractivity contribution >= 4 is 17.9 Å². The molecule has 0 saturated heterocycles. The summed E-state index contributed by atoms with van der Waals surface area (Å²) in [6, 6.07) is 0. The third-order valence-electron chi connectivity index (χ3n) is 9.29. The van der Waals surface area contributed by atoms with Crippen LogP contribution in [0.4, 0.5) is 0 Å². The van der Waals surface area contributed by atoms with E-state index < -0.39 is 6.10 Å². The molecule has 0 fully saturated rings. The van der Waals surface area contributed by atoms with Gasteiger partial charge in [0.05, 0.1) is 0 Å². The topological polar surface area (TPSA) is 78.9 Å². The Balaban J connectivity index is 4.11. The number of ether oxygens (including phenoxy) is 3. The SMILES string of the molecule is CCCCCCCCCC(=O)OC[C@H](COC(=O)CCCCCCC)OC(=O)CCCCCCCCCCCCCCCCCC(C)C. The van der Waals surface area contributed by atoms with Crippen LogP contribution in [0.5, 0.6) is 0 Å². The van der Waals surface area contributed by atoms with Gasteiger partial charge >= 0.3 is 17.9 Å². The summed E-state index contributed by atoms with van der Waals surface area (Å²) >= 11 is 0.